The largest absolute Gasteiger partial charge is 0.328 e. The van der Waals surface area contributed by atoms with Gasteiger partial charge < -0.3 is 15.2 Å². The summed E-state index contributed by atoms with van der Waals surface area (Å²) >= 11 is 0. The zero-order chi connectivity index (χ0) is 13.2. The maximum atomic E-state index is 12.3. The van der Waals surface area contributed by atoms with Crippen LogP contribution in [-0.2, 0) is 19.6 Å². The second-order valence-corrected chi connectivity index (χ2v) is 4.42. The predicted molar refractivity (Wildman–Crippen MR) is 66.9 cm³/mol. The van der Waals surface area contributed by atoms with Crippen molar-refractivity contribution in [2.24, 2.45) is 5.73 Å². The molecule has 1 aliphatic heterocycles. The molecule has 0 unspecified atom stereocenters. The maximum Gasteiger partial charge on any atom is 0.272 e. The van der Waals surface area contributed by atoms with Gasteiger partial charge in [0, 0.05) is 25.8 Å². The lowest BCUT2D eigenvalue weighted by molar-refractivity contribution is 0.0701. The van der Waals surface area contributed by atoms with Crippen LogP contribution in [0.5, 0.6) is 0 Å². The van der Waals surface area contributed by atoms with E-state index in [0.717, 1.165) is 17.9 Å². The molecule has 1 amide bonds. The van der Waals surface area contributed by atoms with Crippen molar-refractivity contribution in [3.63, 3.8) is 0 Å². The van der Waals surface area contributed by atoms with Gasteiger partial charge in [-0.1, -0.05) is 6.07 Å². The van der Waals surface area contributed by atoms with Gasteiger partial charge in [-0.2, -0.15) is 0 Å². The molecule has 2 aromatic heterocycles. The van der Waals surface area contributed by atoms with Crippen LogP contribution in [0.2, 0.25) is 0 Å². The van der Waals surface area contributed by atoms with Crippen molar-refractivity contribution in [2.45, 2.75) is 19.6 Å². The molecular weight excluding hydrogens is 244 g/mol. The average Bonchev–Trinajstić information content (AvgIpc) is 2.94. The van der Waals surface area contributed by atoms with Gasteiger partial charge in [-0.3, -0.25) is 9.78 Å². The zero-order valence-electron chi connectivity index (χ0n) is 10.4. The molecule has 0 radical (unpaired) electrons. The molecule has 0 saturated carbocycles. The van der Waals surface area contributed by atoms with Crippen LogP contribution in [0.15, 0.2) is 24.7 Å². The van der Waals surface area contributed by atoms with Gasteiger partial charge in [-0.05, 0) is 11.6 Å². The van der Waals surface area contributed by atoms with Crippen LogP contribution in [0.4, 0.5) is 0 Å². The highest BCUT2D eigenvalue weighted by Crippen LogP contribution is 2.12. The van der Waals surface area contributed by atoms with E-state index in [-0.39, 0.29) is 5.91 Å². The molecule has 0 fully saturated rings. The van der Waals surface area contributed by atoms with E-state index in [1.807, 2.05) is 10.6 Å². The minimum Gasteiger partial charge on any atom is -0.328 e. The first-order valence-corrected chi connectivity index (χ1v) is 6.09. The summed E-state index contributed by atoms with van der Waals surface area (Å²) in [6, 6.07) is 3.54. The summed E-state index contributed by atoms with van der Waals surface area (Å²) in [6.07, 6.45) is 3.32. The van der Waals surface area contributed by atoms with Crippen molar-refractivity contribution < 1.29 is 4.79 Å². The standard InChI is InChI=1S/C12H14N6O/c13-5-9-1-2-10(14-6-9)12(19)17-3-4-18-8-15-16-11(18)7-17/h1-2,6,8H,3-5,7,13H2. The summed E-state index contributed by atoms with van der Waals surface area (Å²) in [5.41, 5.74) is 6.85. The van der Waals surface area contributed by atoms with Crippen LogP contribution < -0.4 is 5.73 Å². The first kappa shape index (κ1) is 11.8. The monoisotopic (exact) mass is 258 g/mol. The third-order valence-electron chi connectivity index (χ3n) is 3.21. The van der Waals surface area contributed by atoms with E-state index < -0.39 is 0 Å². The normalized spacial score (nSPS) is 14.3. The Morgan fingerprint density at radius 1 is 1.37 bits per heavy atom. The number of carbonyl (C=O) groups excluding carboxylic acids is 1. The third-order valence-corrected chi connectivity index (χ3v) is 3.21. The Morgan fingerprint density at radius 2 is 2.26 bits per heavy atom. The molecule has 19 heavy (non-hydrogen) atoms. The van der Waals surface area contributed by atoms with Crippen molar-refractivity contribution in [3.05, 3.63) is 41.7 Å². The van der Waals surface area contributed by atoms with Crippen molar-refractivity contribution in [2.75, 3.05) is 6.54 Å². The average molecular weight is 258 g/mol. The Kier molecular flexibility index (Phi) is 2.96. The molecule has 2 aromatic rings. The fraction of sp³-hybridized carbons (Fsp3) is 0.333. The Balaban J connectivity index is 1.77. The second-order valence-electron chi connectivity index (χ2n) is 4.42. The number of aromatic nitrogens is 4. The van der Waals surface area contributed by atoms with E-state index in [9.17, 15) is 4.79 Å². The molecule has 98 valence electrons. The molecule has 7 nitrogen and oxygen atoms in total. The Morgan fingerprint density at radius 3 is 3.00 bits per heavy atom. The van der Waals surface area contributed by atoms with Gasteiger partial charge in [0.15, 0.2) is 5.82 Å². The lowest BCUT2D eigenvalue weighted by atomic mass is 10.2. The smallest absolute Gasteiger partial charge is 0.272 e. The highest BCUT2D eigenvalue weighted by Gasteiger charge is 2.23. The maximum absolute atomic E-state index is 12.3. The SMILES string of the molecule is NCc1ccc(C(=O)N2CCn3cnnc3C2)nc1. The molecule has 0 atom stereocenters. The second kappa shape index (κ2) is 4.77. The Bertz CT molecular complexity index is 591. The molecule has 3 heterocycles. The lowest BCUT2D eigenvalue weighted by Gasteiger charge is -2.26. The first-order valence-electron chi connectivity index (χ1n) is 6.09. The number of carbonyl (C=O) groups is 1. The highest BCUT2D eigenvalue weighted by atomic mass is 16.2. The minimum atomic E-state index is -0.0854. The number of amides is 1. The van der Waals surface area contributed by atoms with Crippen LogP contribution in [0.3, 0.4) is 0 Å². The van der Waals surface area contributed by atoms with Gasteiger partial charge in [0.1, 0.15) is 12.0 Å². The number of rotatable bonds is 2. The van der Waals surface area contributed by atoms with Gasteiger partial charge in [-0.25, -0.2) is 0 Å². The molecule has 0 bridgehead atoms. The predicted octanol–water partition coefficient (Wildman–Crippen LogP) is -0.212. The van der Waals surface area contributed by atoms with Crippen molar-refractivity contribution >= 4 is 5.91 Å². The number of fused-ring (bicyclic) bond motifs is 1. The quantitative estimate of drug-likeness (QED) is 0.804. The Hall–Kier alpha value is -2.28. The van der Waals surface area contributed by atoms with E-state index in [4.69, 9.17) is 5.73 Å². The molecule has 0 spiro atoms. The van der Waals surface area contributed by atoms with E-state index in [2.05, 4.69) is 15.2 Å². The summed E-state index contributed by atoms with van der Waals surface area (Å²) in [5.74, 6) is 0.719. The summed E-state index contributed by atoms with van der Waals surface area (Å²) in [7, 11) is 0. The van der Waals surface area contributed by atoms with E-state index in [1.54, 1.807) is 23.5 Å². The first-order chi connectivity index (χ1) is 9.28. The lowest BCUT2D eigenvalue weighted by Crippen LogP contribution is -2.38. The van der Waals surface area contributed by atoms with E-state index >= 15 is 0 Å². The number of pyridine rings is 1. The van der Waals surface area contributed by atoms with Gasteiger partial charge in [-0.15, -0.1) is 10.2 Å². The molecule has 0 aliphatic carbocycles. The number of nitrogens with zero attached hydrogens (tertiary/aromatic N) is 5. The van der Waals surface area contributed by atoms with Crippen LogP contribution in [0.25, 0.3) is 0 Å². The molecular formula is C12H14N6O. The van der Waals surface area contributed by atoms with E-state index in [0.29, 0.717) is 25.3 Å². The number of hydrogen-bond acceptors (Lipinski definition) is 5. The summed E-state index contributed by atoms with van der Waals surface area (Å²) in [6.45, 7) is 2.26. The molecule has 0 saturated heterocycles. The van der Waals surface area contributed by atoms with Crippen LogP contribution in [0.1, 0.15) is 21.9 Å². The molecule has 7 heteroatoms. The molecule has 3 rings (SSSR count). The third kappa shape index (κ3) is 2.19. The molecule has 2 N–H and O–H groups in total. The fourth-order valence-electron chi connectivity index (χ4n) is 2.07. The van der Waals surface area contributed by atoms with Crippen LogP contribution in [-0.4, -0.2) is 37.1 Å². The summed E-state index contributed by atoms with van der Waals surface area (Å²) in [5, 5.41) is 7.83. The fourth-order valence-corrected chi connectivity index (χ4v) is 2.07. The van der Waals surface area contributed by atoms with Crippen LogP contribution >= 0.6 is 0 Å². The van der Waals surface area contributed by atoms with Gasteiger partial charge in [0.2, 0.25) is 0 Å². The molecule has 0 aromatic carbocycles. The molecule has 1 aliphatic rings. The zero-order valence-corrected chi connectivity index (χ0v) is 10.4. The van der Waals surface area contributed by atoms with E-state index in [1.165, 1.54) is 0 Å². The summed E-state index contributed by atoms with van der Waals surface area (Å²) in [4.78, 5) is 18.2. The number of nitrogens with two attached hydrogens (primary N) is 1. The van der Waals surface area contributed by atoms with Crippen molar-refractivity contribution in [3.8, 4) is 0 Å². The minimum absolute atomic E-state index is 0.0854. The summed E-state index contributed by atoms with van der Waals surface area (Å²) < 4.78 is 1.95. The van der Waals surface area contributed by atoms with Crippen LogP contribution in [0, 0.1) is 0 Å². The van der Waals surface area contributed by atoms with Gasteiger partial charge >= 0.3 is 0 Å². The van der Waals surface area contributed by atoms with Crippen molar-refractivity contribution in [1.29, 1.82) is 0 Å². The Labute approximate surface area is 110 Å². The number of hydrogen-bond donors (Lipinski definition) is 1. The van der Waals surface area contributed by atoms with Crippen molar-refractivity contribution in [1.82, 2.24) is 24.6 Å². The highest BCUT2D eigenvalue weighted by molar-refractivity contribution is 5.92. The van der Waals surface area contributed by atoms with Gasteiger partial charge in [0.05, 0.1) is 6.54 Å². The topological polar surface area (TPSA) is 89.9 Å². The van der Waals surface area contributed by atoms with Gasteiger partial charge in [0.25, 0.3) is 5.91 Å².